The van der Waals surface area contributed by atoms with Crippen molar-refractivity contribution < 1.29 is 0 Å². The second kappa shape index (κ2) is 14.3. The summed E-state index contributed by atoms with van der Waals surface area (Å²) >= 11 is 5.97. The Bertz CT molecular complexity index is 627. The molecule has 0 radical (unpaired) electrons. The van der Waals surface area contributed by atoms with E-state index in [0.29, 0.717) is 6.04 Å². The Labute approximate surface area is 182 Å². The fraction of sp³-hybridized carbons (Fsp3) is 0.565. The maximum atomic E-state index is 6.14. The van der Waals surface area contributed by atoms with Gasteiger partial charge in [-0.05, 0) is 75.9 Å². The average molecular weight is 422 g/mol. The van der Waals surface area contributed by atoms with E-state index in [9.17, 15) is 0 Å². The summed E-state index contributed by atoms with van der Waals surface area (Å²) in [5.74, 6) is 0. The number of anilines is 1. The second-order valence-electron chi connectivity index (χ2n) is 7.40. The number of nitrogens with one attached hydrogen (secondary N) is 2. The summed E-state index contributed by atoms with van der Waals surface area (Å²) in [5, 5.41) is 7.80. The molecule has 1 unspecified atom stereocenters. The van der Waals surface area contributed by atoms with E-state index in [1.807, 2.05) is 19.1 Å². The summed E-state index contributed by atoms with van der Waals surface area (Å²) < 4.78 is 0. The number of hydrogen-bond acceptors (Lipinski definition) is 5. The molecule has 1 aromatic rings. The molecule has 1 aliphatic carbocycles. The van der Waals surface area contributed by atoms with E-state index in [2.05, 4.69) is 48.1 Å². The van der Waals surface area contributed by atoms with E-state index in [1.54, 1.807) is 0 Å². The molecular formula is C23H40ClN5. The van der Waals surface area contributed by atoms with Crippen LogP contribution < -0.4 is 27.0 Å². The van der Waals surface area contributed by atoms with Crippen LogP contribution in [-0.4, -0.2) is 38.8 Å². The summed E-state index contributed by atoms with van der Waals surface area (Å²) in [6, 6.07) is 8.34. The molecule has 0 aliphatic heterocycles. The van der Waals surface area contributed by atoms with E-state index in [0.717, 1.165) is 62.0 Å². The molecular weight excluding hydrogens is 382 g/mol. The van der Waals surface area contributed by atoms with Crippen LogP contribution in [0.5, 0.6) is 0 Å². The van der Waals surface area contributed by atoms with Gasteiger partial charge >= 0.3 is 0 Å². The number of benzene rings is 1. The van der Waals surface area contributed by atoms with Crippen molar-refractivity contribution in [3.8, 4) is 0 Å². The van der Waals surface area contributed by atoms with Crippen LogP contribution in [-0.2, 0) is 0 Å². The van der Waals surface area contributed by atoms with Gasteiger partial charge in [0, 0.05) is 54.3 Å². The quantitative estimate of drug-likeness (QED) is 0.429. The molecule has 0 fully saturated rings. The molecule has 1 aliphatic rings. The molecule has 6 N–H and O–H groups in total. The molecule has 0 bridgehead atoms. The Morgan fingerprint density at radius 1 is 1.21 bits per heavy atom. The number of nitrogens with zero attached hydrogens (tertiary/aromatic N) is 1. The van der Waals surface area contributed by atoms with Gasteiger partial charge in [-0.25, -0.2) is 0 Å². The lowest BCUT2D eigenvalue weighted by atomic mass is 9.94. The van der Waals surface area contributed by atoms with E-state index in [1.165, 1.54) is 24.1 Å². The number of hydrogen-bond donors (Lipinski definition) is 4. The van der Waals surface area contributed by atoms with Crippen molar-refractivity contribution in [2.24, 2.45) is 11.5 Å². The van der Waals surface area contributed by atoms with Crippen LogP contribution in [0.2, 0.25) is 5.02 Å². The molecule has 0 spiro atoms. The van der Waals surface area contributed by atoms with Crippen molar-refractivity contribution in [3.05, 3.63) is 52.8 Å². The first-order valence-electron chi connectivity index (χ1n) is 10.8. The molecule has 5 nitrogen and oxygen atoms in total. The highest BCUT2D eigenvalue weighted by atomic mass is 35.5. The fourth-order valence-electron chi connectivity index (χ4n) is 3.36. The highest BCUT2D eigenvalue weighted by Crippen LogP contribution is 2.25. The van der Waals surface area contributed by atoms with Crippen LogP contribution in [0.1, 0.15) is 46.5 Å². The van der Waals surface area contributed by atoms with Crippen molar-refractivity contribution in [2.45, 2.75) is 52.5 Å². The third-order valence-electron chi connectivity index (χ3n) is 4.88. The zero-order valence-corrected chi connectivity index (χ0v) is 19.2. The standard InChI is InChI=1S/C21H33ClN4.C2H7N/c1-4-26(19-11-9-18(22)10-12-19)14-13-24-15-16(2)25-17(3)20-7-5-6-8-21(20)23;1-2-3/h9-12,16,24-25H,3-8,13-15,23H2,1-2H3;2-3H2,1H3. The Balaban J connectivity index is 0.00000132. The molecule has 6 heteroatoms. The third kappa shape index (κ3) is 9.57. The summed E-state index contributed by atoms with van der Waals surface area (Å²) in [7, 11) is 0. The van der Waals surface area contributed by atoms with Gasteiger partial charge in [-0.15, -0.1) is 0 Å². The van der Waals surface area contributed by atoms with Crippen molar-refractivity contribution in [1.29, 1.82) is 0 Å². The van der Waals surface area contributed by atoms with Crippen molar-refractivity contribution >= 4 is 17.3 Å². The predicted octanol–water partition coefficient (Wildman–Crippen LogP) is 4.00. The number of nitrogens with two attached hydrogens (primary N) is 2. The Morgan fingerprint density at radius 2 is 1.83 bits per heavy atom. The Morgan fingerprint density at radius 3 is 2.41 bits per heavy atom. The van der Waals surface area contributed by atoms with E-state index >= 15 is 0 Å². The van der Waals surface area contributed by atoms with Gasteiger partial charge in [0.15, 0.2) is 0 Å². The molecule has 29 heavy (non-hydrogen) atoms. The van der Waals surface area contributed by atoms with Crippen LogP contribution >= 0.6 is 11.6 Å². The number of allylic oxidation sites excluding steroid dienone is 2. The first kappa shape index (κ1) is 25.3. The lowest BCUT2D eigenvalue weighted by molar-refractivity contribution is 0.539. The van der Waals surface area contributed by atoms with Crippen LogP contribution in [0.3, 0.4) is 0 Å². The first-order chi connectivity index (χ1) is 13.9. The minimum Gasteiger partial charge on any atom is -0.402 e. The zero-order valence-electron chi connectivity index (χ0n) is 18.4. The minimum atomic E-state index is 0.315. The molecule has 1 aromatic carbocycles. The Hall–Kier alpha value is -1.69. The van der Waals surface area contributed by atoms with E-state index in [-0.39, 0.29) is 0 Å². The smallest absolute Gasteiger partial charge is 0.0407 e. The number of rotatable bonds is 10. The summed E-state index contributed by atoms with van der Waals surface area (Å²) in [4.78, 5) is 2.34. The van der Waals surface area contributed by atoms with Crippen LogP contribution in [0.15, 0.2) is 47.8 Å². The predicted molar refractivity (Wildman–Crippen MR) is 128 cm³/mol. The average Bonchev–Trinajstić information content (AvgIpc) is 2.70. The highest BCUT2D eigenvalue weighted by Gasteiger charge is 2.14. The SMILES string of the molecule is C=C(NC(C)CNCCN(CC)c1ccc(Cl)cc1)C1=C(N)CCCC1.CCN. The monoisotopic (exact) mass is 421 g/mol. The zero-order chi connectivity index (χ0) is 21.6. The van der Waals surface area contributed by atoms with E-state index in [4.69, 9.17) is 23.1 Å². The van der Waals surface area contributed by atoms with E-state index < -0.39 is 0 Å². The highest BCUT2D eigenvalue weighted by molar-refractivity contribution is 6.30. The fourth-order valence-corrected chi connectivity index (χ4v) is 3.49. The summed E-state index contributed by atoms with van der Waals surface area (Å²) in [6.45, 7) is 14.9. The lowest BCUT2D eigenvalue weighted by Crippen LogP contribution is -2.39. The maximum Gasteiger partial charge on any atom is 0.0407 e. The van der Waals surface area contributed by atoms with Crippen molar-refractivity contribution in [2.75, 3.05) is 37.6 Å². The van der Waals surface area contributed by atoms with Gasteiger partial charge in [0.05, 0.1) is 0 Å². The second-order valence-corrected chi connectivity index (χ2v) is 7.84. The Kier molecular flexibility index (Phi) is 12.5. The normalized spacial score (nSPS) is 14.7. The molecule has 0 aromatic heterocycles. The molecule has 0 saturated heterocycles. The molecule has 0 saturated carbocycles. The van der Waals surface area contributed by atoms with Gasteiger partial charge in [0.1, 0.15) is 0 Å². The third-order valence-corrected chi connectivity index (χ3v) is 5.13. The van der Waals surface area contributed by atoms with Gasteiger partial charge in [-0.2, -0.15) is 0 Å². The topological polar surface area (TPSA) is 79.3 Å². The van der Waals surface area contributed by atoms with Gasteiger partial charge < -0.3 is 27.0 Å². The largest absolute Gasteiger partial charge is 0.402 e. The van der Waals surface area contributed by atoms with Gasteiger partial charge in [0.2, 0.25) is 0 Å². The number of likely N-dealkylation sites (N-methyl/N-ethyl adjacent to an activating group) is 1. The summed E-state index contributed by atoms with van der Waals surface area (Å²) in [6.07, 6.45) is 4.45. The summed E-state index contributed by atoms with van der Waals surface area (Å²) in [5.41, 5.74) is 15.4. The minimum absolute atomic E-state index is 0.315. The van der Waals surface area contributed by atoms with Gasteiger partial charge in [-0.3, -0.25) is 0 Å². The van der Waals surface area contributed by atoms with Gasteiger partial charge in [0.25, 0.3) is 0 Å². The number of halogens is 1. The molecule has 2 rings (SSSR count). The van der Waals surface area contributed by atoms with Gasteiger partial charge in [-0.1, -0.05) is 25.1 Å². The van der Waals surface area contributed by atoms with Crippen molar-refractivity contribution in [3.63, 3.8) is 0 Å². The van der Waals surface area contributed by atoms with Crippen LogP contribution in [0.25, 0.3) is 0 Å². The molecule has 0 heterocycles. The molecule has 1 atom stereocenters. The van der Waals surface area contributed by atoms with Crippen LogP contribution in [0, 0.1) is 0 Å². The lowest BCUT2D eigenvalue weighted by Gasteiger charge is -2.25. The first-order valence-corrected chi connectivity index (χ1v) is 11.1. The maximum absolute atomic E-state index is 6.14. The molecule has 164 valence electrons. The molecule has 0 amide bonds. The van der Waals surface area contributed by atoms with Crippen LogP contribution in [0.4, 0.5) is 5.69 Å². The van der Waals surface area contributed by atoms with Crippen molar-refractivity contribution in [1.82, 2.24) is 10.6 Å².